The first-order valence-electron chi connectivity index (χ1n) is 12.3. The fourth-order valence-electron chi connectivity index (χ4n) is 4.73. The van der Waals surface area contributed by atoms with Crippen LogP contribution in [-0.4, -0.2) is 42.3 Å². The Hall–Kier alpha value is -3.49. The lowest BCUT2D eigenvalue weighted by Crippen LogP contribution is -2.36. The van der Waals surface area contributed by atoms with Crippen LogP contribution in [0.3, 0.4) is 0 Å². The number of halogens is 2. The molecule has 7 nitrogen and oxygen atoms in total. The Morgan fingerprint density at radius 3 is 2.50 bits per heavy atom. The van der Waals surface area contributed by atoms with Gasteiger partial charge in [-0.1, -0.05) is 31.9 Å². The second-order valence-corrected chi connectivity index (χ2v) is 9.14. The van der Waals surface area contributed by atoms with Crippen molar-refractivity contribution in [1.82, 2.24) is 10.3 Å². The number of amides is 2. The van der Waals surface area contributed by atoms with E-state index in [1.165, 1.54) is 18.2 Å². The van der Waals surface area contributed by atoms with Crippen LogP contribution >= 0.6 is 0 Å². The number of rotatable bonds is 9. The Balaban J connectivity index is 1.52. The van der Waals surface area contributed by atoms with Gasteiger partial charge in [0.15, 0.2) is 11.5 Å². The van der Waals surface area contributed by atoms with E-state index in [9.17, 15) is 18.4 Å². The molecule has 0 spiro atoms. The van der Waals surface area contributed by atoms with Crippen molar-refractivity contribution in [2.24, 2.45) is 11.0 Å². The molecule has 0 saturated heterocycles. The first kappa shape index (κ1) is 25.6. The minimum Gasteiger partial charge on any atom is -0.493 e. The van der Waals surface area contributed by atoms with Gasteiger partial charge in [0.25, 0.3) is 5.91 Å². The maximum absolute atomic E-state index is 12.8. The lowest BCUT2D eigenvalue weighted by molar-refractivity contribution is -0.133. The van der Waals surface area contributed by atoms with Gasteiger partial charge in [-0.05, 0) is 55.2 Å². The van der Waals surface area contributed by atoms with Gasteiger partial charge in [0.05, 0.1) is 19.4 Å². The molecule has 2 aliphatic rings. The average Bonchev–Trinajstić information content (AvgIpc) is 3.38. The summed E-state index contributed by atoms with van der Waals surface area (Å²) in [6.45, 7) is -0.731. The molecular weight excluding hydrogens is 468 g/mol. The molecule has 1 aliphatic heterocycles. The van der Waals surface area contributed by atoms with Crippen LogP contribution in [-0.2, 0) is 11.3 Å². The van der Waals surface area contributed by atoms with Crippen LogP contribution in [0.1, 0.15) is 66.9 Å². The average molecular weight is 500 g/mol. The highest BCUT2D eigenvalue weighted by Gasteiger charge is 2.30. The Morgan fingerprint density at radius 2 is 1.86 bits per heavy atom. The molecule has 36 heavy (non-hydrogen) atoms. The van der Waals surface area contributed by atoms with Gasteiger partial charge in [-0.15, -0.1) is 0 Å². The molecule has 1 heterocycles. The second-order valence-electron chi connectivity index (χ2n) is 9.14. The SMILES string of the molecule is CCC1CC(=O)N(Cc2ccc(C(=O)NC3CCCC3)cc2)N=C1c1ccc(OC(F)F)c(OC)c1. The number of alkyl halides is 2. The quantitative estimate of drug-likeness (QED) is 0.519. The monoisotopic (exact) mass is 499 g/mol. The van der Waals surface area contributed by atoms with Gasteiger partial charge in [0.2, 0.25) is 5.91 Å². The van der Waals surface area contributed by atoms with Gasteiger partial charge >= 0.3 is 6.61 Å². The zero-order valence-corrected chi connectivity index (χ0v) is 20.5. The second kappa shape index (κ2) is 11.5. The number of carbonyl (C=O) groups is 2. The minimum absolute atomic E-state index is 0.0642. The summed E-state index contributed by atoms with van der Waals surface area (Å²) in [6, 6.07) is 12.1. The number of methoxy groups -OCH3 is 1. The van der Waals surface area contributed by atoms with Crippen LogP contribution in [0.4, 0.5) is 8.78 Å². The van der Waals surface area contributed by atoms with Crippen molar-refractivity contribution in [1.29, 1.82) is 0 Å². The van der Waals surface area contributed by atoms with Crippen LogP contribution in [0, 0.1) is 5.92 Å². The van der Waals surface area contributed by atoms with Crippen molar-refractivity contribution < 1.29 is 27.8 Å². The number of nitrogens with one attached hydrogen (secondary N) is 1. The number of hydrazone groups is 1. The number of ether oxygens (including phenoxy) is 2. The van der Waals surface area contributed by atoms with E-state index in [2.05, 4.69) is 15.2 Å². The molecule has 4 rings (SSSR count). The third-order valence-corrected chi connectivity index (χ3v) is 6.73. The van der Waals surface area contributed by atoms with Crippen molar-refractivity contribution in [2.75, 3.05) is 7.11 Å². The highest BCUT2D eigenvalue weighted by atomic mass is 19.3. The highest BCUT2D eigenvalue weighted by molar-refractivity contribution is 6.06. The third-order valence-electron chi connectivity index (χ3n) is 6.73. The lowest BCUT2D eigenvalue weighted by atomic mass is 9.89. The first-order chi connectivity index (χ1) is 17.4. The molecule has 0 aromatic heterocycles. The summed E-state index contributed by atoms with van der Waals surface area (Å²) in [5, 5.41) is 9.15. The number of carbonyl (C=O) groups excluding carboxylic acids is 2. The van der Waals surface area contributed by atoms with Crippen LogP contribution in [0.25, 0.3) is 0 Å². The molecule has 2 amide bonds. The summed E-state index contributed by atoms with van der Waals surface area (Å²) in [4.78, 5) is 25.3. The fraction of sp³-hybridized carbons (Fsp3) is 0.444. The van der Waals surface area contributed by atoms with Gasteiger partial charge in [-0.25, -0.2) is 5.01 Å². The Kier molecular flexibility index (Phi) is 8.18. The number of nitrogens with zero attached hydrogens (tertiary/aromatic N) is 2. The first-order valence-corrected chi connectivity index (χ1v) is 12.3. The third kappa shape index (κ3) is 6.01. The number of hydrogen-bond donors (Lipinski definition) is 1. The molecule has 9 heteroatoms. The number of hydrogen-bond acceptors (Lipinski definition) is 5. The van der Waals surface area contributed by atoms with Crippen LogP contribution in [0.2, 0.25) is 0 Å². The van der Waals surface area contributed by atoms with E-state index in [1.54, 1.807) is 24.3 Å². The molecule has 1 fully saturated rings. The molecule has 2 aromatic rings. The molecule has 2 aromatic carbocycles. The Morgan fingerprint density at radius 1 is 1.14 bits per heavy atom. The zero-order chi connectivity index (χ0) is 25.7. The fourth-order valence-corrected chi connectivity index (χ4v) is 4.73. The predicted octanol–water partition coefficient (Wildman–Crippen LogP) is 5.13. The van der Waals surface area contributed by atoms with E-state index in [-0.39, 0.29) is 48.2 Å². The molecule has 1 N–H and O–H groups in total. The summed E-state index contributed by atoms with van der Waals surface area (Å²) in [7, 11) is 1.38. The van der Waals surface area contributed by atoms with Crippen molar-refractivity contribution in [3.05, 3.63) is 59.2 Å². The summed E-state index contributed by atoms with van der Waals surface area (Å²) in [5.41, 5.74) is 2.80. The van der Waals surface area contributed by atoms with Gasteiger partial charge in [0, 0.05) is 29.5 Å². The van der Waals surface area contributed by atoms with E-state index >= 15 is 0 Å². The maximum atomic E-state index is 12.8. The normalized spacial score (nSPS) is 18.4. The van der Waals surface area contributed by atoms with E-state index in [1.807, 2.05) is 19.1 Å². The number of benzene rings is 2. The van der Waals surface area contributed by atoms with Gasteiger partial charge in [-0.3, -0.25) is 9.59 Å². The maximum Gasteiger partial charge on any atom is 0.387 e. The van der Waals surface area contributed by atoms with Crippen molar-refractivity contribution in [3.63, 3.8) is 0 Å². The predicted molar refractivity (Wildman–Crippen MR) is 131 cm³/mol. The molecular formula is C27H31F2N3O4. The van der Waals surface area contributed by atoms with Crippen LogP contribution < -0.4 is 14.8 Å². The summed E-state index contributed by atoms with van der Waals surface area (Å²) >= 11 is 0. The molecule has 1 unspecified atom stereocenters. The van der Waals surface area contributed by atoms with Crippen LogP contribution in [0.5, 0.6) is 11.5 Å². The summed E-state index contributed by atoms with van der Waals surface area (Å²) in [6.07, 6.45) is 5.32. The van der Waals surface area contributed by atoms with Crippen molar-refractivity contribution in [2.45, 2.75) is 64.6 Å². The van der Waals surface area contributed by atoms with E-state index in [0.29, 0.717) is 23.3 Å². The molecule has 1 aliphatic carbocycles. The Bertz CT molecular complexity index is 1110. The molecule has 1 atom stereocenters. The molecule has 1 saturated carbocycles. The summed E-state index contributed by atoms with van der Waals surface area (Å²) in [5.74, 6) is -0.187. The smallest absolute Gasteiger partial charge is 0.387 e. The largest absolute Gasteiger partial charge is 0.493 e. The van der Waals surface area contributed by atoms with Gasteiger partial charge in [-0.2, -0.15) is 13.9 Å². The highest BCUT2D eigenvalue weighted by Crippen LogP contribution is 2.33. The van der Waals surface area contributed by atoms with Crippen LogP contribution in [0.15, 0.2) is 47.6 Å². The van der Waals surface area contributed by atoms with Gasteiger partial charge in [0.1, 0.15) is 0 Å². The van der Waals surface area contributed by atoms with Gasteiger partial charge < -0.3 is 14.8 Å². The minimum atomic E-state index is -2.96. The summed E-state index contributed by atoms with van der Waals surface area (Å²) < 4.78 is 35.2. The molecule has 192 valence electrons. The Labute approximate surface area is 209 Å². The van der Waals surface area contributed by atoms with E-state index in [0.717, 1.165) is 31.2 Å². The lowest BCUT2D eigenvalue weighted by Gasteiger charge is -2.29. The van der Waals surface area contributed by atoms with Crippen molar-refractivity contribution in [3.8, 4) is 11.5 Å². The standard InChI is InChI=1S/C27H31F2N3O4/c1-3-18-15-24(33)32(31-25(18)20-12-13-22(36-27(28)29)23(14-20)35-2)16-17-8-10-19(11-9-17)26(34)30-21-6-4-5-7-21/h8-14,18,21,27H,3-7,15-16H2,1-2H3,(H,30,34). The van der Waals surface area contributed by atoms with Crippen molar-refractivity contribution >= 4 is 17.5 Å². The topological polar surface area (TPSA) is 80.2 Å². The zero-order valence-electron chi connectivity index (χ0n) is 20.5. The molecule has 0 bridgehead atoms. The van der Waals surface area contributed by atoms with E-state index in [4.69, 9.17) is 4.74 Å². The van der Waals surface area contributed by atoms with E-state index < -0.39 is 6.61 Å². The molecule has 0 radical (unpaired) electrons.